The van der Waals surface area contributed by atoms with Gasteiger partial charge in [-0.2, -0.15) is 0 Å². The molecule has 1 aromatic rings. The summed E-state index contributed by atoms with van der Waals surface area (Å²) >= 11 is 0. The van der Waals surface area contributed by atoms with Crippen LogP contribution in [0.3, 0.4) is 0 Å². The maximum Gasteiger partial charge on any atom is 0.239 e. The van der Waals surface area contributed by atoms with Gasteiger partial charge >= 0.3 is 0 Å². The van der Waals surface area contributed by atoms with Crippen molar-refractivity contribution in [2.45, 2.75) is 25.8 Å². The van der Waals surface area contributed by atoms with Crippen molar-refractivity contribution in [2.24, 2.45) is 5.73 Å². The SMILES string of the molecule is CCCN(CCO)C(=O)[C@@H](N)Cc1ccccc1. The number of benzene rings is 1. The van der Waals surface area contributed by atoms with E-state index in [2.05, 4.69) is 0 Å². The van der Waals surface area contributed by atoms with Crippen LogP contribution in [-0.4, -0.2) is 41.7 Å². The molecule has 18 heavy (non-hydrogen) atoms. The van der Waals surface area contributed by atoms with Gasteiger partial charge in [-0.25, -0.2) is 0 Å². The van der Waals surface area contributed by atoms with Crippen molar-refractivity contribution in [1.29, 1.82) is 0 Å². The summed E-state index contributed by atoms with van der Waals surface area (Å²) in [6, 6.07) is 9.19. The molecule has 0 heterocycles. The molecule has 0 radical (unpaired) electrons. The molecule has 0 bridgehead atoms. The Balaban J connectivity index is 2.58. The quantitative estimate of drug-likeness (QED) is 0.752. The first-order valence-corrected chi connectivity index (χ1v) is 6.38. The Morgan fingerprint density at radius 3 is 2.56 bits per heavy atom. The van der Waals surface area contributed by atoms with Crippen LogP contribution in [0.1, 0.15) is 18.9 Å². The van der Waals surface area contributed by atoms with Crippen molar-refractivity contribution in [3.8, 4) is 0 Å². The van der Waals surface area contributed by atoms with Gasteiger partial charge in [-0.3, -0.25) is 4.79 Å². The second-order valence-electron chi connectivity index (χ2n) is 4.35. The number of nitrogens with two attached hydrogens (primary N) is 1. The highest BCUT2D eigenvalue weighted by Crippen LogP contribution is 2.05. The number of carbonyl (C=O) groups excluding carboxylic acids is 1. The lowest BCUT2D eigenvalue weighted by Crippen LogP contribution is -2.46. The third-order valence-corrected chi connectivity index (χ3v) is 2.79. The summed E-state index contributed by atoms with van der Waals surface area (Å²) in [5.74, 6) is -0.0882. The first-order chi connectivity index (χ1) is 8.69. The number of hydrogen-bond acceptors (Lipinski definition) is 3. The lowest BCUT2D eigenvalue weighted by molar-refractivity contribution is -0.133. The first kappa shape index (κ1) is 14.7. The van der Waals surface area contributed by atoms with Crippen LogP contribution in [0.25, 0.3) is 0 Å². The Morgan fingerprint density at radius 2 is 2.00 bits per heavy atom. The highest BCUT2D eigenvalue weighted by Gasteiger charge is 2.20. The van der Waals surface area contributed by atoms with Gasteiger partial charge in [0.1, 0.15) is 0 Å². The van der Waals surface area contributed by atoms with Gasteiger partial charge in [0.05, 0.1) is 12.6 Å². The van der Waals surface area contributed by atoms with Crippen LogP contribution in [0.4, 0.5) is 0 Å². The van der Waals surface area contributed by atoms with E-state index in [-0.39, 0.29) is 12.5 Å². The van der Waals surface area contributed by atoms with Crippen LogP contribution in [0, 0.1) is 0 Å². The summed E-state index contributed by atoms with van der Waals surface area (Å²) < 4.78 is 0. The van der Waals surface area contributed by atoms with E-state index in [1.54, 1.807) is 4.90 Å². The molecule has 0 aromatic heterocycles. The molecule has 100 valence electrons. The Kier molecular flexibility index (Phi) is 6.39. The molecule has 1 rings (SSSR count). The third-order valence-electron chi connectivity index (χ3n) is 2.79. The fourth-order valence-electron chi connectivity index (χ4n) is 1.91. The van der Waals surface area contributed by atoms with Crippen molar-refractivity contribution in [3.05, 3.63) is 35.9 Å². The summed E-state index contributed by atoms with van der Waals surface area (Å²) in [5.41, 5.74) is 6.99. The van der Waals surface area contributed by atoms with Crippen molar-refractivity contribution < 1.29 is 9.90 Å². The minimum Gasteiger partial charge on any atom is -0.395 e. The molecule has 3 N–H and O–H groups in total. The monoisotopic (exact) mass is 250 g/mol. The number of hydrogen-bond donors (Lipinski definition) is 2. The molecule has 0 spiro atoms. The molecule has 0 saturated carbocycles. The van der Waals surface area contributed by atoms with Crippen LogP contribution < -0.4 is 5.73 Å². The van der Waals surface area contributed by atoms with E-state index < -0.39 is 6.04 Å². The van der Waals surface area contributed by atoms with Crippen molar-refractivity contribution in [3.63, 3.8) is 0 Å². The van der Waals surface area contributed by atoms with Gasteiger partial charge in [0.25, 0.3) is 0 Å². The zero-order chi connectivity index (χ0) is 13.4. The topological polar surface area (TPSA) is 66.6 Å². The molecule has 1 atom stereocenters. The molecule has 1 amide bonds. The van der Waals surface area contributed by atoms with E-state index in [0.717, 1.165) is 12.0 Å². The van der Waals surface area contributed by atoms with E-state index in [1.807, 2.05) is 37.3 Å². The van der Waals surface area contributed by atoms with Crippen molar-refractivity contribution in [1.82, 2.24) is 4.90 Å². The van der Waals surface area contributed by atoms with Crippen LogP contribution in [0.5, 0.6) is 0 Å². The highest BCUT2D eigenvalue weighted by molar-refractivity contribution is 5.82. The van der Waals surface area contributed by atoms with Gasteiger partial charge in [-0.1, -0.05) is 37.3 Å². The molecule has 0 aliphatic heterocycles. The van der Waals surface area contributed by atoms with Gasteiger partial charge < -0.3 is 15.7 Å². The predicted octanol–water partition coefficient (Wildman–Crippen LogP) is 0.787. The number of aliphatic hydroxyl groups is 1. The molecular formula is C14H22N2O2. The molecule has 0 aliphatic carbocycles. The number of amides is 1. The Labute approximate surface area is 108 Å². The number of nitrogens with zero attached hydrogens (tertiary/aromatic N) is 1. The number of carbonyl (C=O) groups is 1. The zero-order valence-electron chi connectivity index (χ0n) is 10.9. The first-order valence-electron chi connectivity index (χ1n) is 6.38. The Hall–Kier alpha value is -1.39. The maximum atomic E-state index is 12.1. The van der Waals surface area contributed by atoms with E-state index in [0.29, 0.717) is 19.5 Å². The normalized spacial score (nSPS) is 12.2. The lowest BCUT2D eigenvalue weighted by atomic mass is 10.1. The molecule has 0 unspecified atom stereocenters. The summed E-state index contributed by atoms with van der Waals surface area (Å²) in [5, 5.41) is 8.95. The number of aliphatic hydroxyl groups excluding tert-OH is 1. The molecule has 0 aliphatic rings. The van der Waals surface area contributed by atoms with Crippen LogP contribution in [0.15, 0.2) is 30.3 Å². The average Bonchev–Trinajstić information content (AvgIpc) is 2.39. The largest absolute Gasteiger partial charge is 0.395 e. The maximum absolute atomic E-state index is 12.1. The predicted molar refractivity (Wildman–Crippen MR) is 72.1 cm³/mol. The minimum atomic E-state index is -0.537. The number of rotatable bonds is 7. The minimum absolute atomic E-state index is 0.0240. The van der Waals surface area contributed by atoms with Crippen LogP contribution in [-0.2, 0) is 11.2 Å². The second-order valence-corrected chi connectivity index (χ2v) is 4.35. The van der Waals surface area contributed by atoms with Gasteiger partial charge in [0, 0.05) is 13.1 Å². The fraction of sp³-hybridized carbons (Fsp3) is 0.500. The van der Waals surface area contributed by atoms with Gasteiger partial charge in [-0.15, -0.1) is 0 Å². The van der Waals surface area contributed by atoms with E-state index in [1.165, 1.54) is 0 Å². The molecule has 1 aromatic carbocycles. The van der Waals surface area contributed by atoms with Crippen LogP contribution >= 0.6 is 0 Å². The summed E-state index contributed by atoms with van der Waals surface area (Å²) in [6.07, 6.45) is 1.40. The molecule has 4 heteroatoms. The summed E-state index contributed by atoms with van der Waals surface area (Å²) in [6.45, 7) is 2.97. The molecular weight excluding hydrogens is 228 g/mol. The van der Waals surface area contributed by atoms with Crippen molar-refractivity contribution in [2.75, 3.05) is 19.7 Å². The van der Waals surface area contributed by atoms with E-state index >= 15 is 0 Å². The molecule has 0 fully saturated rings. The van der Waals surface area contributed by atoms with Gasteiger partial charge in [-0.05, 0) is 18.4 Å². The van der Waals surface area contributed by atoms with Gasteiger partial charge in [0.2, 0.25) is 5.91 Å². The van der Waals surface area contributed by atoms with Crippen molar-refractivity contribution >= 4 is 5.91 Å². The molecule has 0 saturated heterocycles. The average molecular weight is 250 g/mol. The Morgan fingerprint density at radius 1 is 1.33 bits per heavy atom. The van der Waals surface area contributed by atoms with E-state index in [4.69, 9.17) is 10.8 Å². The lowest BCUT2D eigenvalue weighted by Gasteiger charge is -2.24. The van der Waals surface area contributed by atoms with Crippen LogP contribution in [0.2, 0.25) is 0 Å². The van der Waals surface area contributed by atoms with E-state index in [9.17, 15) is 4.79 Å². The molecule has 4 nitrogen and oxygen atoms in total. The highest BCUT2D eigenvalue weighted by atomic mass is 16.3. The van der Waals surface area contributed by atoms with Gasteiger partial charge in [0.15, 0.2) is 0 Å². The third kappa shape index (κ3) is 4.47. The smallest absolute Gasteiger partial charge is 0.239 e. The zero-order valence-corrected chi connectivity index (χ0v) is 10.9. The Bertz CT molecular complexity index is 348. The second kappa shape index (κ2) is 7.84. The fourth-order valence-corrected chi connectivity index (χ4v) is 1.91. The standard InChI is InChI=1S/C14H22N2O2/c1-2-8-16(9-10-17)14(18)13(15)11-12-6-4-3-5-7-12/h3-7,13,17H,2,8-11,15H2,1H3/t13-/m0/s1. The summed E-state index contributed by atoms with van der Waals surface area (Å²) in [7, 11) is 0. The summed E-state index contributed by atoms with van der Waals surface area (Å²) in [4.78, 5) is 13.7.